The Balaban J connectivity index is 2.39. The van der Waals surface area contributed by atoms with E-state index >= 15 is 0 Å². The van der Waals surface area contributed by atoms with Crippen molar-refractivity contribution in [2.45, 2.75) is 19.4 Å². The molecule has 0 spiro atoms. The number of hydrogen-bond donors (Lipinski definition) is 0. The molecule has 74 valence electrons. The van der Waals surface area contributed by atoms with Gasteiger partial charge in [0.2, 0.25) is 0 Å². The first-order chi connectivity index (χ1) is 6.74. The summed E-state index contributed by atoms with van der Waals surface area (Å²) in [6.45, 7) is 2.02. The molecule has 3 heteroatoms. The smallest absolute Gasteiger partial charge is 0.414 e. The molecule has 0 radical (unpaired) electrons. The summed E-state index contributed by atoms with van der Waals surface area (Å²) in [5, 5.41) is 0. The standard InChI is InChI=1S/C11H13NO2/c1-8-7-9-5-3-4-6-10(9)12(8)11(13)14-2/h3-6,8H,7H2,1-2H3/t8-/m0/s1. The molecule has 0 N–H and O–H groups in total. The number of para-hydroxylation sites is 1. The lowest BCUT2D eigenvalue weighted by Crippen LogP contribution is -2.35. The highest BCUT2D eigenvalue weighted by Gasteiger charge is 2.30. The summed E-state index contributed by atoms with van der Waals surface area (Å²) in [5.74, 6) is 0. The molecule has 3 nitrogen and oxygen atoms in total. The van der Waals surface area contributed by atoms with Gasteiger partial charge in [0.1, 0.15) is 0 Å². The zero-order valence-corrected chi connectivity index (χ0v) is 8.36. The molecule has 0 unspecified atom stereocenters. The van der Waals surface area contributed by atoms with Crippen molar-refractivity contribution in [1.82, 2.24) is 0 Å². The predicted molar refractivity (Wildman–Crippen MR) is 54.5 cm³/mol. The van der Waals surface area contributed by atoms with Crippen LogP contribution in [-0.4, -0.2) is 19.2 Å². The lowest BCUT2D eigenvalue weighted by molar-refractivity contribution is 0.177. The number of nitrogens with zero attached hydrogens (tertiary/aromatic N) is 1. The van der Waals surface area contributed by atoms with Gasteiger partial charge in [-0.2, -0.15) is 0 Å². The highest BCUT2D eigenvalue weighted by Crippen LogP contribution is 2.31. The van der Waals surface area contributed by atoms with Gasteiger partial charge in [0, 0.05) is 6.04 Å². The van der Waals surface area contributed by atoms with Crippen molar-refractivity contribution < 1.29 is 9.53 Å². The molecule has 1 heterocycles. The molecule has 0 saturated carbocycles. The number of anilines is 1. The highest BCUT2D eigenvalue weighted by atomic mass is 16.5. The van der Waals surface area contributed by atoms with Crippen LogP contribution in [0.2, 0.25) is 0 Å². The molecule has 0 aliphatic carbocycles. The molecule has 1 aromatic rings. The van der Waals surface area contributed by atoms with Crippen LogP contribution in [0, 0.1) is 0 Å². The van der Waals surface area contributed by atoms with Crippen LogP contribution in [0.1, 0.15) is 12.5 Å². The number of carbonyl (C=O) groups excluding carboxylic acids is 1. The summed E-state index contributed by atoms with van der Waals surface area (Å²) in [7, 11) is 1.41. The van der Waals surface area contributed by atoms with E-state index in [0.717, 1.165) is 12.1 Å². The van der Waals surface area contributed by atoms with Gasteiger partial charge in [-0.1, -0.05) is 18.2 Å². The van der Waals surface area contributed by atoms with Crippen molar-refractivity contribution in [1.29, 1.82) is 0 Å². The second-order valence-electron chi connectivity index (χ2n) is 3.52. The Morgan fingerprint density at radius 1 is 1.50 bits per heavy atom. The quantitative estimate of drug-likeness (QED) is 0.629. The van der Waals surface area contributed by atoms with Gasteiger partial charge in [0.15, 0.2) is 0 Å². The summed E-state index contributed by atoms with van der Waals surface area (Å²) in [5.41, 5.74) is 2.19. The Bertz CT molecular complexity index is 362. The minimum atomic E-state index is -0.276. The van der Waals surface area contributed by atoms with Crippen LogP contribution in [0.3, 0.4) is 0 Å². The zero-order chi connectivity index (χ0) is 10.1. The monoisotopic (exact) mass is 191 g/mol. The van der Waals surface area contributed by atoms with E-state index in [2.05, 4.69) is 6.07 Å². The van der Waals surface area contributed by atoms with Gasteiger partial charge in [-0.15, -0.1) is 0 Å². The van der Waals surface area contributed by atoms with E-state index in [4.69, 9.17) is 4.74 Å². The van der Waals surface area contributed by atoms with Crippen molar-refractivity contribution >= 4 is 11.8 Å². The van der Waals surface area contributed by atoms with Crippen LogP contribution in [0.5, 0.6) is 0 Å². The molecule has 0 fully saturated rings. The van der Waals surface area contributed by atoms with Crippen LogP contribution in [-0.2, 0) is 11.2 Å². The molecular formula is C11H13NO2. The topological polar surface area (TPSA) is 29.5 Å². The van der Waals surface area contributed by atoms with Gasteiger partial charge in [-0.3, -0.25) is 4.90 Å². The Labute approximate surface area is 83.3 Å². The fourth-order valence-electron chi connectivity index (χ4n) is 1.94. The molecule has 1 aliphatic heterocycles. The van der Waals surface area contributed by atoms with Gasteiger partial charge in [-0.25, -0.2) is 4.79 Å². The lowest BCUT2D eigenvalue weighted by atomic mass is 10.1. The lowest BCUT2D eigenvalue weighted by Gasteiger charge is -2.20. The van der Waals surface area contributed by atoms with E-state index in [-0.39, 0.29) is 12.1 Å². The van der Waals surface area contributed by atoms with Gasteiger partial charge in [0.05, 0.1) is 12.8 Å². The summed E-state index contributed by atoms with van der Waals surface area (Å²) < 4.78 is 4.75. The fraction of sp³-hybridized carbons (Fsp3) is 0.364. The largest absolute Gasteiger partial charge is 0.452 e. The van der Waals surface area contributed by atoms with Gasteiger partial charge >= 0.3 is 6.09 Å². The molecule has 14 heavy (non-hydrogen) atoms. The van der Waals surface area contributed by atoms with Crippen LogP contribution < -0.4 is 4.90 Å². The maximum absolute atomic E-state index is 11.5. The Hall–Kier alpha value is -1.51. The average molecular weight is 191 g/mol. The molecular weight excluding hydrogens is 178 g/mol. The first-order valence-corrected chi connectivity index (χ1v) is 4.69. The second kappa shape index (κ2) is 3.33. The highest BCUT2D eigenvalue weighted by molar-refractivity contribution is 5.91. The number of hydrogen-bond acceptors (Lipinski definition) is 2. The third-order valence-corrected chi connectivity index (χ3v) is 2.58. The van der Waals surface area contributed by atoms with Crippen LogP contribution in [0.15, 0.2) is 24.3 Å². The van der Waals surface area contributed by atoms with E-state index < -0.39 is 0 Å². The first-order valence-electron chi connectivity index (χ1n) is 4.69. The number of methoxy groups -OCH3 is 1. The number of rotatable bonds is 0. The molecule has 1 aromatic carbocycles. The number of fused-ring (bicyclic) bond motifs is 1. The molecule has 2 rings (SSSR count). The maximum atomic E-state index is 11.5. The maximum Gasteiger partial charge on any atom is 0.414 e. The van der Waals surface area contributed by atoms with E-state index in [0.29, 0.717) is 0 Å². The average Bonchev–Trinajstić information content (AvgIpc) is 2.53. The van der Waals surface area contributed by atoms with Crippen LogP contribution in [0.4, 0.5) is 10.5 Å². The molecule has 0 aromatic heterocycles. The van der Waals surface area contributed by atoms with Crippen LogP contribution >= 0.6 is 0 Å². The molecule has 0 bridgehead atoms. The third kappa shape index (κ3) is 1.25. The number of amides is 1. The van der Waals surface area contributed by atoms with Crippen molar-refractivity contribution in [3.05, 3.63) is 29.8 Å². The van der Waals surface area contributed by atoms with Gasteiger partial charge in [0.25, 0.3) is 0 Å². The van der Waals surface area contributed by atoms with E-state index in [1.807, 2.05) is 25.1 Å². The van der Waals surface area contributed by atoms with E-state index in [1.54, 1.807) is 4.90 Å². The number of benzene rings is 1. The Kier molecular flexibility index (Phi) is 2.15. The van der Waals surface area contributed by atoms with E-state index in [9.17, 15) is 4.79 Å². The molecule has 0 saturated heterocycles. The van der Waals surface area contributed by atoms with Crippen molar-refractivity contribution in [3.63, 3.8) is 0 Å². The van der Waals surface area contributed by atoms with Crippen molar-refractivity contribution in [3.8, 4) is 0 Å². The predicted octanol–water partition coefficient (Wildman–Crippen LogP) is 2.20. The SMILES string of the molecule is COC(=O)N1c2ccccc2C[C@@H]1C. The van der Waals surface area contributed by atoms with Crippen molar-refractivity contribution in [2.75, 3.05) is 12.0 Å². The Morgan fingerprint density at radius 2 is 2.21 bits per heavy atom. The van der Waals surface area contributed by atoms with Crippen molar-refractivity contribution in [2.24, 2.45) is 0 Å². The molecule has 1 aliphatic rings. The first kappa shape index (κ1) is 9.06. The van der Waals surface area contributed by atoms with E-state index in [1.165, 1.54) is 12.7 Å². The normalized spacial score (nSPS) is 19.3. The van der Waals surface area contributed by atoms with Gasteiger partial charge in [-0.05, 0) is 25.0 Å². The number of carbonyl (C=O) groups is 1. The van der Waals surface area contributed by atoms with Crippen LogP contribution in [0.25, 0.3) is 0 Å². The third-order valence-electron chi connectivity index (χ3n) is 2.58. The minimum absolute atomic E-state index is 0.194. The Morgan fingerprint density at radius 3 is 2.93 bits per heavy atom. The summed E-state index contributed by atoms with van der Waals surface area (Å²) in [6.07, 6.45) is 0.633. The molecule has 1 atom stereocenters. The second-order valence-corrected chi connectivity index (χ2v) is 3.52. The summed E-state index contributed by atoms with van der Waals surface area (Å²) in [4.78, 5) is 13.2. The summed E-state index contributed by atoms with van der Waals surface area (Å²) in [6, 6.07) is 8.13. The number of ether oxygens (including phenoxy) is 1. The summed E-state index contributed by atoms with van der Waals surface area (Å²) >= 11 is 0. The fourth-order valence-corrected chi connectivity index (χ4v) is 1.94. The minimum Gasteiger partial charge on any atom is -0.452 e. The van der Waals surface area contributed by atoms with Gasteiger partial charge < -0.3 is 4.74 Å². The molecule has 1 amide bonds. The zero-order valence-electron chi connectivity index (χ0n) is 8.36.